The van der Waals surface area contributed by atoms with Gasteiger partial charge in [-0.1, -0.05) is 24.3 Å². The second-order valence-electron chi connectivity index (χ2n) is 8.08. The summed E-state index contributed by atoms with van der Waals surface area (Å²) < 4.78 is 0. The Morgan fingerprint density at radius 2 is 1.83 bits per heavy atom. The van der Waals surface area contributed by atoms with Gasteiger partial charge >= 0.3 is 0 Å². The van der Waals surface area contributed by atoms with Gasteiger partial charge < -0.3 is 15.7 Å². The number of aromatic nitrogens is 2. The maximum Gasteiger partial charge on any atom is 0.128 e. The Morgan fingerprint density at radius 1 is 1.03 bits per heavy atom. The van der Waals surface area contributed by atoms with Crippen LogP contribution in [0.15, 0.2) is 54.7 Å². The maximum atomic E-state index is 9.40. The van der Waals surface area contributed by atoms with Crippen LogP contribution in [0.25, 0.3) is 11.3 Å². The molecule has 0 atom stereocenters. The lowest BCUT2D eigenvalue weighted by molar-refractivity contribution is 0.475. The number of hydrogen-bond acceptors (Lipinski definition) is 5. The number of piperidine rings is 1. The maximum absolute atomic E-state index is 9.40. The number of nitrogens with one attached hydrogen (secondary N) is 2. The molecule has 1 fully saturated rings. The smallest absolute Gasteiger partial charge is 0.128 e. The summed E-state index contributed by atoms with van der Waals surface area (Å²) in [5, 5.41) is 16.5. The van der Waals surface area contributed by atoms with Crippen LogP contribution < -0.4 is 10.6 Å². The highest BCUT2D eigenvalue weighted by Gasteiger charge is 2.14. The van der Waals surface area contributed by atoms with Gasteiger partial charge in [0.2, 0.25) is 0 Å². The molecular weight excluding hydrogens is 372 g/mol. The molecule has 1 saturated heterocycles. The molecule has 0 radical (unpaired) electrons. The Hall–Kier alpha value is -2.92. The summed E-state index contributed by atoms with van der Waals surface area (Å²) in [6.07, 6.45) is 6.93. The number of nitrogens with zero attached hydrogens (tertiary/aromatic N) is 2. The largest absolute Gasteiger partial charge is 0.508 e. The second kappa shape index (κ2) is 9.72. The Morgan fingerprint density at radius 3 is 2.63 bits per heavy atom. The van der Waals surface area contributed by atoms with Crippen LogP contribution in [0.2, 0.25) is 0 Å². The fourth-order valence-corrected chi connectivity index (χ4v) is 3.92. The van der Waals surface area contributed by atoms with E-state index in [4.69, 9.17) is 4.98 Å². The fraction of sp³-hybridized carbons (Fsp3) is 0.360. The molecule has 0 saturated carbocycles. The van der Waals surface area contributed by atoms with E-state index in [1.165, 1.54) is 16.8 Å². The van der Waals surface area contributed by atoms with Crippen molar-refractivity contribution in [2.24, 2.45) is 0 Å². The first kappa shape index (κ1) is 20.4. The normalized spacial score (nSPS) is 14.6. The lowest BCUT2D eigenvalue weighted by Gasteiger charge is -2.25. The number of aryl methyl sites for hydroxylation is 3. The number of anilines is 1. The molecule has 0 spiro atoms. The highest BCUT2D eigenvalue weighted by atomic mass is 16.3. The van der Waals surface area contributed by atoms with Crippen LogP contribution in [-0.4, -0.2) is 34.2 Å². The van der Waals surface area contributed by atoms with Crippen LogP contribution in [0, 0.1) is 6.92 Å². The number of rotatable bonds is 7. The third-order valence-electron chi connectivity index (χ3n) is 5.74. The van der Waals surface area contributed by atoms with Gasteiger partial charge in [-0.15, -0.1) is 0 Å². The molecular formula is C25H30N4O. The first-order valence-electron chi connectivity index (χ1n) is 10.9. The van der Waals surface area contributed by atoms with Crippen molar-refractivity contribution in [1.29, 1.82) is 0 Å². The minimum absolute atomic E-state index is 0.307. The minimum Gasteiger partial charge on any atom is -0.508 e. The summed E-state index contributed by atoms with van der Waals surface area (Å²) in [4.78, 5) is 9.29. The van der Waals surface area contributed by atoms with E-state index in [2.05, 4.69) is 40.7 Å². The summed E-state index contributed by atoms with van der Waals surface area (Å²) in [7, 11) is 0. The number of phenols is 1. The number of phenolic OH excluding ortho intramolecular Hbond substituents is 1. The molecule has 0 unspecified atom stereocenters. The van der Waals surface area contributed by atoms with Gasteiger partial charge in [0.1, 0.15) is 11.6 Å². The van der Waals surface area contributed by atoms with Crippen molar-refractivity contribution in [3.05, 3.63) is 71.7 Å². The molecule has 5 nitrogen and oxygen atoms in total. The average Bonchev–Trinajstić information content (AvgIpc) is 2.78. The van der Waals surface area contributed by atoms with Crippen LogP contribution in [-0.2, 0) is 12.8 Å². The first-order chi connectivity index (χ1) is 14.7. The Bertz CT molecular complexity index is 965. The Balaban J connectivity index is 1.42. The zero-order valence-corrected chi connectivity index (χ0v) is 17.6. The molecule has 156 valence electrons. The van der Waals surface area contributed by atoms with Crippen molar-refractivity contribution < 1.29 is 5.11 Å². The molecule has 1 aromatic heterocycles. The first-order valence-corrected chi connectivity index (χ1v) is 10.9. The van der Waals surface area contributed by atoms with Gasteiger partial charge in [-0.3, -0.25) is 0 Å². The van der Waals surface area contributed by atoms with Crippen LogP contribution in [0.1, 0.15) is 36.2 Å². The average molecular weight is 403 g/mol. The lowest BCUT2D eigenvalue weighted by atomic mass is 10.0. The second-order valence-corrected chi connectivity index (χ2v) is 8.08. The topological polar surface area (TPSA) is 70.1 Å². The predicted octanol–water partition coefficient (Wildman–Crippen LogP) is 4.50. The summed E-state index contributed by atoms with van der Waals surface area (Å²) in [6, 6.07) is 16.5. The third kappa shape index (κ3) is 5.36. The summed E-state index contributed by atoms with van der Waals surface area (Å²) in [6.45, 7) is 4.31. The van der Waals surface area contributed by atoms with Gasteiger partial charge in [-0.25, -0.2) is 9.97 Å². The van der Waals surface area contributed by atoms with Crippen LogP contribution in [0.3, 0.4) is 0 Å². The summed E-state index contributed by atoms with van der Waals surface area (Å²) >= 11 is 0. The molecule has 30 heavy (non-hydrogen) atoms. The Kier molecular flexibility index (Phi) is 6.60. The highest BCUT2D eigenvalue weighted by Crippen LogP contribution is 2.26. The summed E-state index contributed by atoms with van der Waals surface area (Å²) in [5.41, 5.74) is 5.78. The van der Waals surface area contributed by atoms with Gasteiger partial charge in [0.25, 0.3) is 0 Å². The van der Waals surface area contributed by atoms with E-state index in [1.807, 2.05) is 24.4 Å². The zero-order chi connectivity index (χ0) is 20.8. The molecule has 0 amide bonds. The van der Waals surface area contributed by atoms with Crippen molar-refractivity contribution in [3.8, 4) is 17.0 Å². The van der Waals surface area contributed by atoms with E-state index in [0.717, 1.165) is 62.3 Å². The molecule has 2 heterocycles. The van der Waals surface area contributed by atoms with Gasteiger partial charge in [-0.05, 0) is 81.1 Å². The molecule has 1 aliphatic heterocycles. The SMILES string of the molecule is Cc1ccc(-c2ccnc(CCCc3ccc(O)cc3)n2)cc1NC1CCNCC1. The zero-order valence-electron chi connectivity index (χ0n) is 17.6. The molecule has 2 aromatic carbocycles. The van der Waals surface area contributed by atoms with Crippen molar-refractivity contribution in [1.82, 2.24) is 15.3 Å². The fourth-order valence-electron chi connectivity index (χ4n) is 3.92. The predicted molar refractivity (Wildman–Crippen MR) is 122 cm³/mol. The molecule has 0 aliphatic carbocycles. The van der Waals surface area contributed by atoms with E-state index in [1.54, 1.807) is 12.1 Å². The summed E-state index contributed by atoms with van der Waals surface area (Å²) in [5.74, 6) is 1.18. The van der Waals surface area contributed by atoms with Crippen LogP contribution in [0.5, 0.6) is 5.75 Å². The molecule has 3 aromatic rings. The van der Waals surface area contributed by atoms with Crippen molar-refractivity contribution in [2.45, 2.75) is 45.1 Å². The van der Waals surface area contributed by atoms with Crippen molar-refractivity contribution in [3.63, 3.8) is 0 Å². The molecule has 3 N–H and O–H groups in total. The number of benzene rings is 2. The third-order valence-corrected chi connectivity index (χ3v) is 5.74. The van der Waals surface area contributed by atoms with Crippen LogP contribution >= 0.6 is 0 Å². The minimum atomic E-state index is 0.307. The van der Waals surface area contributed by atoms with Crippen molar-refractivity contribution >= 4 is 5.69 Å². The van der Waals surface area contributed by atoms with Crippen molar-refractivity contribution in [2.75, 3.05) is 18.4 Å². The lowest BCUT2D eigenvalue weighted by Crippen LogP contribution is -2.35. The van der Waals surface area contributed by atoms with Gasteiger partial charge in [0.05, 0.1) is 5.69 Å². The van der Waals surface area contributed by atoms with Crippen LogP contribution in [0.4, 0.5) is 5.69 Å². The van der Waals surface area contributed by atoms with E-state index in [-0.39, 0.29) is 0 Å². The van der Waals surface area contributed by atoms with E-state index >= 15 is 0 Å². The van der Waals surface area contributed by atoms with E-state index in [0.29, 0.717) is 11.8 Å². The molecule has 1 aliphatic rings. The molecule has 5 heteroatoms. The Labute approximate surface area is 178 Å². The van der Waals surface area contributed by atoms with Gasteiger partial charge in [0.15, 0.2) is 0 Å². The van der Waals surface area contributed by atoms with E-state index < -0.39 is 0 Å². The standard InChI is InChI=1S/C25H30N4O/c1-18-5-8-20(17-24(18)28-21-11-14-26-15-12-21)23-13-16-27-25(29-23)4-2-3-19-6-9-22(30)10-7-19/h5-10,13,16-17,21,26,28,30H,2-4,11-12,14-15H2,1H3. The van der Waals surface area contributed by atoms with Gasteiger partial charge in [0, 0.05) is 29.9 Å². The number of aromatic hydroxyl groups is 1. The quantitative estimate of drug-likeness (QED) is 0.543. The molecule has 4 rings (SSSR count). The highest BCUT2D eigenvalue weighted by molar-refractivity contribution is 5.67. The molecule has 0 bridgehead atoms. The monoisotopic (exact) mass is 402 g/mol. The van der Waals surface area contributed by atoms with E-state index in [9.17, 15) is 5.11 Å². The number of hydrogen-bond donors (Lipinski definition) is 3. The van der Waals surface area contributed by atoms with Gasteiger partial charge in [-0.2, -0.15) is 0 Å².